The van der Waals surface area contributed by atoms with Crippen LogP contribution in [0.15, 0.2) is 249 Å². The molecular formula is C64H53N3. The summed E-state index contributed by atoms with van der Waals surface area (Å²) in [5.74, 6) is 0. The van der Waals surface area contributed by atoms with Crippen molar-refractivity contribution in [1.29, 1.82) is 0 Å². The van der Waals surface area contributed by atoms with Crippen LogP contribution in [0.25, 0.3) is 82.7 Å². The van der Waals surface area contributed by atoms with Crippen LogP contribution in [0.4, 0.5) is 11.4 Å². The summed E-state index contributed by atoms with van der Waals surface area (Å²) in [5, 5.41) is 4.90. The molecule has 3 heteroatoms. The second-order valence-corrected chi connectivity index (χ2v) is 17.0. The van der Waals surface area contributed by atoms with Gasteiger partial charge in [-0.25, -0.2) is 0 Å². The molecule has 0 saturated heterocycles. The monoisotopic (exact) mass is 863 g/mol. The molecule has 0 amide bonds. The zero-order valence-electron chi connectivity index (χ0n) is 38.4. The van der Waals surface area contributed by atoms with E-state index >= 15 is 0 Å². The molecule has 10 rings (SSSR count). The highest BCUT2D eigenvalue weighted by Gasteiger charge is 2.18. The van der Waals surface area contributed by atoms with Crippen LogP contribution in [-0.2, 0) is 6.54 Å². The summed E-state index contributed by atoms with van der Waals surface area (Å²) in [6, 6.07) is 68.2. The van der Waals surface area contributed by atoms with E-state index < -0.39 is 0 Å². The lowest BCUT2D eigenvalue weighted by Crippen LogP contribution is -2.15. The third-order valence-corrected chi connectivity index (χ3v) is 12.8. The Kier molecular flexibility index (Phi) is 11.8. The highest BCUT2D eigenvalue weighted by atomic mass is 15.1. The number of aromatic nitrogens is 2. The zero-order valence-corrected chi connectivity index (χ0v) is 38.4. The quantitative estimate of drug-likeness (QED) is 0.105. The maximum absolute atomic E-state index is 4.27. The summed E-state index contributed by atoms with van der Waals surface area (Å²) >= 11 is 0. The lowest BCUT2D eigenvalue weighted by atomic mass is 10.00. The molecule has 67 heavy (non-hydrogen) atoms. The number of hydrogen-bond acceptors (Lipinski definition) is 1. The second kappa shape index (κ2) is 18.6. The van der Waals surface area contributed by atoms with Crippen LogP contribution in [0.1, 0.15) is 31.9 Å². The molecule has 0 N–H and O–H groups in total. The van der Waals surface area contributed by atoms with Gasteiger partial charge >= 0.3 is 0 Å². The number of allylic oxidation sites excluding steroid dienone is 9. The van der Waals surface area contributed by atoms with E-state index in [9.17, 15) is 0 Å². The zero-order chi connectivity index (χ0) is 45.9. The number of fused-ring (bicyclic) bond motifs is 6. The first-order chi connectivity index (χ1) is 32.9. The van der Waals surface area contributed by atoms with Gasteiger partial charge in [0, 0.05) is 61.9 Å². The Balaban J connectivity index is 1.03. The third-order valence-electron chi connectivity index (χ3n) is 12.8. The molecular weight excluding hydrogens is 811 g/mol. The van der Waals surface area contributed by atoms with E-state index in [1.54, 1.807) is 0 Å². The van der Waals surface area contributed by atoms with E-state index in [2.05, 4.69) is 272 Å². The van der Waals surface area contributed by atoms with Crippen LogP contribution in [0.5, 0.6) is 0 Å². The second-order valence-electron chi connectivity index (χ2n) is 17.0. The lowest BCUT2D eigenvalue weighted by Gasteiger charge is -2.26. The normalized spacial score (nSPS) is 12.3. The Morgan fingerprint density at radius 2 is 1.03 bits per heavy atom. The molecule has 8 aromatic carbocycles. The third kappa shape index (κ3) is 8.17. The van der Waals surface area contributed by atoms with Gasteiger partial charge in [-0.05, 0) is 151 Å². The van der Waals surface area contributed by atoms with Crippen LogP contribution in [0, 0.1) is 0 Å². The first kappa shape index (κ1) is 42.5. The van der Waals surface area contributed by atoms with Crippen molar-refractivity contribution < 1.29 is 0 Å². The Hall–Kier alpha value is -8.40. The van der Waals surface area contributed by atoms with Crippen molar-refractivity contribution in [3.8, 4) is 27.9 Å². The molecule has 10 aromatic rings. The largest absolute Gasteiger partial charge is 0.337 e. The van der Waals surface area contributed by atoms with Gasteiger partial charge in [-0.2, -0.15) is 0 Å². The summed E-state index contributed by atoms with van der Waals surface area (Å²) in [4.78, 5) is 2.34. The Morgan fingerprint density at radius 3 is 1.63 bits per heavy atom. The SMILES string of the molecule is C=C/C=C(\C=C/C)c1ccc2c(c1)c1cc(-c3ccccc3)ccc1n2C/C=C\C(=C/C)N(c1ccccc1)c1ccc(-n2c3ccc(C(=C)C)cc3c3cc(-c4ccccc4)ccc32)cc1. The van der Waals surface area contributed by atoms with Crippen LogP contribution < -0.4 is 4.90 Å². The predicted molar refractivity (Wildman–Crippen MR) is 290 cm³/mol. The summed E-state index contributed by atoms with van der Waals surface area (Å²) < 4.78 is 4.83. The minimum Gasteiger partial charge on any atom is -0.337 e. The molecule has 2 heterocycles. The van der Waals surface area contributed by atoms with Crippen LogP contribution >= 0.6 is 0 Å². The molecule has 324 valence electrons. The van der Waals surface area contributed by atoms with Gasteiger partial charge in [0.15, 0.2) is 0 Å². The van der Waals surface area contributed by atoms with Gasteiger partial charge in [0.25, 0.3) is 0 Å². The van der Waals surface area contributed by atoms with Crippen molar-refractivity contribution in [2.24, 2.45) is 0 Å². The Labute approximate surface area is 394 Å². The first-order valence-corrected chi connectivity index (χ1v) is 23.1. The number of anilines is 2. The highest BCUT2D eigenvalue weighted by Crippen LogP contribution is 2.39. The van der Waals surface area contributed by atoms with Crippen LogP contribution in [0.3, 0.4) is 0 Å². The van der Waals surface area contributed by atoms with E-state index in [1.807, 2.05) is 6.08 Å². The van der Waals surface area contributed by atoms with Crippen molar-refractivity contribution >= 4 is 66.1 Å². The fourth-order valence-corrected chi connectivity index (χ4v) is 9.58. The van der Waals surface area contributed by atoms with E-state index in [0.29, 0.717) is 6.54 Å². The van der Waals surface area contributed by atoms with Crippen LogP contribution in [-0.4, -0.2) is 9.13 Å². The van der Waals surface area contributed by atoms with Gasteiger partial charge in [0.05, 0.1) is 11.0 Å². The number of para-hydroxylation sites is 1. The minimum absolute atomic E-state index is 0.694. The summed E-state index contributed by atoms with van der Waals surface area (Å²) in [6.45, 7) is 15.2. The first-order valence-electron chi connectivity index (χ1n) is 23.1. The van der Waals surface area contributed by atoms with Gasteiger partial charge in [-0.3, -0.25) is 0 Å². The molecule has 0 aliphatic heterocycles. The maximum Gasteiger partial charge on any atom is 0.0541 e. The molecule has 0 radical (unpaired) electrons. The standard InChI is InChI=1S/C64H53N3/c1-6-19-46(20-7-2)50-29-36-61-57(42-50)58-43-51(47-21-12-9-13-22-47)30-37-62(58)65(61)40-18-27-53(8-3)66(54-25-16-11-17-26-54)55-32-34-56(35-33-55)67-63-38-28-49(45(4)5)41-59(63)60-44-52(31-39-64(60)67)48-23-14-10-15-24-48/h6-39,41-44H,1,4,40H2,2-3,5H3/b20-7-,27-18-,46-19+,53-8+. The topological polar surface area (TPSA) is 13.1 Å². The van der Waals surface area contributed by atoms with Gasteiger partial charge in [0.2, 0.25) is 0 Å². The smallest absolute Gasteiger partial charge is 0.0541 e. The molecule has 2 aromatic heterocycles. The molecule has 0 atom stereocenters. The molecule has 0 spiro atoms. The van der Waals surface area contributed by atoms with Crippen molar-refractivity contribution in [2.45, 2.75) is 27.3 Å². The molecule has 0 aliphatic rings. The number of nitrogens with zero attached hydrogens (tertiary/aromatic N) is 3. The molecule has 0 saturated carbocycles. The number of hydrogen-bond donors (Lipinski definition) is 0. The average molecular weight is 864 g/mol. The number of benzene rings is 8. The van der Waals surface area contributed by atoms with Crippen molar-refractivity contribution in [2.75, 3.05) is 4.90 Å². The van der Waals surface area contributed by atoms with Gasteiger partial charge in [0.1, 0.15) is 0 Å². The Bertz CT molecular complexity index is 3580. The van der Waals surface area contributed by atoms with Gasteiger partial charge < -0.3 is 14.0 Å². The lowest BCUT2D eigenvalue weighted by molar-refractivity contribution is 0.897. The molecule has 0 unspecified atom stereocenters. The predicted octanol–water partition coefficient (Wildman–Crippen LogP) is 17.7. The van der Waals surface area contributed by atoms with Gasteiger partial charge in [-0.15, -0.1) is 0 Å². The van der Waals surface area contributed by atoms with E-state index in [-0.39, 0.29) is 0 Å². The van der Waals surface area contributed by atoms with Crippen molar-refractivity contribution in [1.82, 2.24) is 9.13 Å². The fraction of sp³-hybridized carbons (Fsp3) is 0.0625. The summed E-state index contributed by atoms with van der Waals surface area (Å²) in [7, 11) is 0. The summed E-state index contributed by atoms with van der Waals surface area (Å²) in [6.07, 6.45) is 14.9. The average Bonchev–Trinajstić information content (AvgIpc) is 3.87. The Morgan fingerprint density at radius 1 is 0.522 bits per heavy atom. The minimum atomic E-state index is 0.694. The molecule has 0 aliphatic carbocycles. The van der Waals surface area contributed by atoms with Gasteiger partial charge in [-0.1, -0.05) is 158 Å². The van der Waals surface area contributed by atoms with Crippen molar-refractivity contribution in [3.05, 3.63) is 261 Å². The van der Waals surface area contributed by atoms with E-state index in [4.69, 9.17) is 0 Å². The molecule has 0 fully saturated rings. The van der Waals surface area contributed by atoms with E-state index in [1.165, 1.54) is 65.9 Å². The van der Waals surface area contributed by atoms with Crippen LogP contribution in [0.2, 0.25) is 0 Å². The summed E-state index contributed by atoms with van der Waals surface area (Å²) in [5.41, 5.74) is 18.4. The maximum atomic E-state index is 4.27. The molecule has 0 bridgehead atoms. The fourth-order valence-electron chi connectivity index (χ4n) is 9.58. The van der Waals surface area contributed by atoms with Crippen molar-refractivity contribution in [3.63, 3.8) is 0 Å². The number of rotatable bonds is 13. The van der Waals surface area contributed by atoms with E-state index in [0.717, 1.165) is 45.0 Å². The molecule has 3 nitrogen and oxygen atoms in total. The highest BCUT2D eigenvalue weighted by molar-refractivity contribution is 6.12.